The normalized spacial score (nSPS) is 12.9. The predicted octanol–water partition coefficient (Wildman–Crippen LogP) is 0.982. The Hall–Kier alpha value is -1.15. The Morgan fingerprint density at radius 1 is 0.864 bits per heavy atom. The van der Waals surface area contributed by atoms with Crippen molar-refractivity contribution in [3.05, 3.63) is 15.0 Å². The Kier molecular flexibility index (Phi) is 4.71. The fourth-order valence-electron chi connectivity index (χ4n) is 1.63. The molecule has 15 heteroatoms. The van der Waals surface area contributed by atoms with E-state index in [1.807, 2.05) is 0 Å². The van der Waals surface area contributed by atoms with Crippen LogP contribution in [-0.4, -0.2) is 38.9 Å². The van der Waals surface area contributed by atoms with E-state index >= 15 is 0 Å². The lowest BCUT2D eigenvalue weighted by Gasteiger charge is -2.10. The van der Waals surface area contributed by atoms with Gasteiger partial charge in [0.15, 0.2) is 9.87 Å². The summed E-state index contributed by atoms with van der Waals surface area (Å²) in [6, 6.07) is 0. The molecule has 0 atom stereocenters. The highest BCUT2D eigenvalue weighted by molar-refractivity contribution is 9.10. The molecule has 1 aromatic rings. The van der Waals surface area contributed by atoms with E-state index in [4.69, 9.17) is 19.1 Å². The molecule has 0 aliphatic carbocycles. The van der Waals surface area contributed by atoms with Gasteiger partial charge in [-0.15, -0.1) is 0 Å². The maximum atomic E-state index is 11.3. The molecule has 0 aromatic heterocycles. The van der Waals surface area contributed by atoms with Crippen LogP contribution in [-0.2, 0) is 30.4 Å². The summed E-state index contributed by atoms with van der Waals surface area (Å²) in [6.45, 7) is 0.921. The van der Waals surface area contributed by atoms with Crippen LogP contribution >= 0.6 is 15.9 Å². The maximum Gasteiger partial charge on any atom is 0.428 e. The number of hydrogen-bond donors (Lipinski definition) is 3. The van der Waals surface area contributed by atoms with E-state index in [1.54, 1.807) is 0 Å². The predicted molar refractivity (Wildman–Crippen MR) is 73.1 cm³/mol. The van der Waals surface area contributed by atoms with Crippen LogP contribution in [0.5, 0.6) is 0 Å². The number of diazo groups is 1. The van der Waals surface area contributed by atoms with Crippen LogP contribution in [0.1, 0.15) is 5.56 Å². The number of nitrogens with zero attached hydrogens (tertiary/aromatic N) is 2. The lowest BCUT2D eigenvalue weighted by Crippen LogP contribution is -2.14. The van der Waals surface area contributed by atoms with Crippen molar-refractivity contribution >= 4 is 52.0 Å². The zero-order valence-electron chi connectivity index (χ0n) is 10.3. The van der Waals surface area contributed by atoms with Gasteiger partial charge in [-0.25, -0.2) is 0 Å². The molecule has 0 bridgehead atoms. The molecule has 1 aromatic carbocycles. The summed E-state index contributed by atoms with van der Waals surface area (Å²) < 4.78 is 94.4. The molecule has 11 nitrogen and oxygen atoms in total. The first kappa shape index (κ1) is 18.9. The van der Waals surface area contributed by atoms with Crippen LogP contribution in [0.25, 0.3) is 4.98 Å². The molecular weight excluding hydrogens is 432 g/mol. The van der Waals surface area contributed by atoms with Crippen LogP contribution in [0.15, 0.2) is 19.2 Å². The van der Waals surface area contributed by atoms with Crippen molar-refractivity contribution in [2.45, 2.75) is 21.6 Å². The quantitative estimate of drug-likeness (QED) is 0.453. The summed E-state index contributed by atoms with van der Waals surface area (Å²) in [6.07, 6.45) is 0. The summed E-state index contributed by atoms with van der Waals surface area (Å²) in [5.41, 5.74) is -2.06. The topological polar surface area (TPSA) is 191 Å². The SMILES string of the molecule is Cc1c(Br)c(S(=O)(=O)O)c(S(=O)(=O)O)c([N+]#N)c1S(=O)(=O)O. The lowest BCUT2D eigenvalue weighted by molar-refractivity contribution is 0.464. The van der Waals surface area contributed by atoms with Gasteiger partial charge in [0.05, 0.1) is 0 Å². The molecule has 0 heterocycles. The Morgan fingerprint density at radius 3 is 1.50 bits per heavy atom. The molecule has 0 fully saturated rings. The first-order chi connectivity index (χ1) is 9.64. The Bertz CT molecular complexity index is 1020. The Balaban J connectivity index is 4.50. The minimum atomic E-state index is -5.48. The lowest BCUT2D eigenvalue weighted by atomic mass is 10.2. The van der Waals surface area contributed by atoms with E-state index in [9.17, 15) is 25.3 Å². The molecule has 1 rings (SSSR count). The third-order valence-electron chi connectivity index (χ3n) is 2.38. The molecule has 0 saturated heterocycles. The monoisotopic (exact) mass is 437 g/mol. The fraction of sp³-hybridized carbons (Fsp3) is 0.143. The molecule has 0 unspecified atom stereocenters. The van der Waals surface area contributed by atoms with Crippen molar-refractivity contribution in [2.24, 2.45) is 0 Å². The zero-order chi connectivity index (χ0) is 17.7. The van der Waals surface area contributed by atoms with Gasteiger partial charge in [0.2, 0.25) is 10.3 Å². The molecule has 0 aliphatic rings. The van der Waals surface area contributed by atoms with Gasteiger partial charge >= 0.3 is 25.9 Å². The third kappa shape index (κ3) is 3.27. The van der Waals surface area contributed by atoms with E-state index in [-0.39, 0.29) is 0 Å². The minimum Gasteiger partial charge on any atom is -0.282 e. The fourth-order valence-corrected chi connectivity index (χ4v) is 5.91. The van der Waals surface area contributed by atoms with Gasteiger partial charge in [0.25, 0.3) is 10.1 Å². The van der Waals surface area contributed by atoms with Gasteiger partial charge in [-0.3, -0.25) is 13.7 Å². The van der Waals surface area contributed by atoms with Crippen molar-refractivity contribution < 1.29 is 38.9 Å². The van der Waals surface area contributed by atoms with E-state index in [0.29, 0.717) is 0 Å². The molecule has 122 valence electrons. The molecule has 0 spiro atoms. The first-order valence-corrected chi connectivity index (χ1v) is 9.89. The summed E-state index contributed by atoms with van der Waals surface area (Å²) >= 11 is 2.55. The summed E-state index contributed by atoms with van der Waals surface area (Å²) in [5.74, 6) is 0. The molecule has 0 saturated carbocycles. The zero-order valence-corrected chi connectivity index (χ0v) is 14.3. The van der Waals surface area contributed by atoms with Crippen LogP contribution in [0.3, 0.4) is 0 Å². The highest BCUT2D eigenvalue weighted by Gasteiger charge is 2.44. The van der Waals surface area contributed by atoms with Crippen LogP contribution < -0.4 is 0 Å². The summed E-state index contributed by atoms with van der Waals surface area (Å²) in [5, 5.41) is 8.81. The van der Waals surface area contributed by atoms with E-state index in [1.165, 1.54) is 0 Å². The summed E-state index contributed by atoms with van der Waals surface area (Å²) in [7, 11) is -16.0. The van der Waals surface area contributed by atoms with Crippen LogP contribution in [0.2, 0.25) is 0 Å². The number of halogens is 1. The number of hydrogen-bond acceptors (Lipinski definition) is 7. The molecule has 0 amide bonds. The average molecular weight is 438 g/mol. The molecule has 0 aliphatic heterocycles. The largest absolute Gasteiger partial charge is 0.428 e. The van der Waals surface area contributed by atoms with Crippen LogP contribution in [0.4, 0.5) is 5.69 Å². The van der Waals surface area contributed by atoms with Gasteiger partial charge in [0, 0.05) is 4.47 Å². The standard InChI is InChI=1S/C7H5BrN2O9S3/c1-2-3(8)6(21(14,15)16)7(22(17,18)19)4(10-9)5(2)20(11,12)13/h1H3,(H2-,11,12,13,14,15,16,17,18,19)/p+1. The van der Waals surface area contributed by atoms with E-state index in [2.05, 4.69) is 20.9 Å². The average Bonchev–Trinajstić information content (AvgIpc) is 2.26. The molecular formula is C7H6BrN2O9S3+. The highest BCUT2D eigenvalue weighted by atomic mass is 79.9. The first-order valence-electron chi connectivity index (χ1n) is 4.77. The van der Waals surface area contributed by atoms with Crippen molar-refractivity contribution in [1.29, 1.82) is 5.39 Å². The Morgan fingerprint density at radius 2 is 1.23 bits per heavy atom. The van der Waals surface area contributed by atoms with Crippen molar-refractivity contribution in [3.63, 3.8) is 0 Å². The van der Waals surface area contributed by atoms with Crippen molar-refractivity contribution in [3.8, 4) is 0 Å². The van der Waals surface area contributed by atoms with Crippen molar-refractivity contribution in [2.75, 3.05) is 0 Å². The van der Waals surface area contributed by atoms with E-state index in [0.717, 1.165) is 6.92 Å². The van der Waals surface area contributed by atoms with Gasteiger partial charge in [-0.1, -0.05) is 0 Å². The second-order valence-corrected chi connectivity index (χ2v) is 8.67. The van der Waals surface area contributed by atoms with Gasteiger partial charge in [-0.2, -0.15) is 25.3 Å². The molecule has 22 heavy (non-hydrogen) atoms. The third-order valence-corrected chi connectivity index (χ3v) is 6.62. The van der Waals surface area contributed by atoms with Crippen LogP contribution in [0, 0.1) is 12.3 Å². The second-order valence-electron chi connectivity index (χ2n) is 3.80. The maximum absolute atomic E-state index is 11.3. The molecule has 3 N–H and O–H groups in total. The van der Waals surface area contributed by atoms with Gasteiger partial charge in [0.1, 0.15) is 4.90 Å². The smallest absolute Gasteiger partial charge is 0.282 e. The minimum absolute atomic E-state index is 0.588. The number of rotatable bonds is 3. The Labute approximate surface area is 133 Å². The van der Waals surface area contributed by atoms with Gasteiger partial charge in [-0.05, 0) is 28.4 Å². The van der Waals surface area contributed by atoms with Crippen molar-refractivity contribution in [1.82, 2.24) is 0 Å². The second kappa shape index (κ2) is 5.49. The summed E-state index contributed by atoms with van der Waals surface area (Å²) in [4.78, 5) is -2.14. The molecule has 0 radical (unpaired) electrons. The highest BCUT2D eigenvalue weighted by Crippen LogP contribution is 2.44. The van der Waals surface area contributed by atoms with Gasteiger partial charge < -0.3 is 0 Å². The van der Waals surface area contributed by atoms with E-state index < -0.39 is 60.8 Å². The number of benzene rings is 1.